The molecule has 0 saturated carbocycles. The lowest BCUT2D eigenvalue weighted by atomic mass is 10.1. The number of rotatable bonds is 5. The fraction of sp³-hybridized carbons (Fsp3) is 0.222. The van der Waals surface area contributed by atoms with Gasteiger partial charge < -0.3 is 20.3 Å². The second-order valence-corrected chi connectivity index (χ2v) is 5.53. The van der Waals surface area contributed by atoms with Gasteiger partial charge in [-0.1, -0.05) is 12.1 Å². The number of aromatic carboxylic acids is 1. The summed E-state index contributed by atoms with van der Waals surface area (Å²) in [6.07, 6.45) is 0. The molecule has 0 aliphatic carbocycles. The molecule has 0 saturated heterocycles. The van der Waals surface area contributed by atoms with Gasteiger partial charge in [0.1, 0.15) is 11.5 Å². The van der Waals surface area contributed by atoms with Gasteiger partial charge in [-0.3, -0.25) is 4.79 Å². The van der Waals surface area contributed by atoms with E-state index in [0.717, 1.165) is 22.8 Å². The zero-order valence-corrected chi connectivity index (χ0v) is 13.7. The smallest absolute Gasteiger partial charge is 0.335 e. The summed E-state index contributed by atoms with van der Waals surface area (Å²) in [4.78, 5) is 22.8. The summed E-state index contributed by atoms with van der Waals surface area (Å²) >= 11 is 0. The maximum atomic E-state index is 12.0. The fourth-order valence-electron chi connectivity index (χ4n) is 2.24. The monoisotopic (exact) mass is 329 g/mol. The lowest BCUT2D eigenvalue weighted by Gasteiger charge is -2.14. The molecule has 0 fully saturated rings. The van der Waals surface area contributed by atoms with Crippen LogP contribution < -0.4 is 10.1 Å². The van der Waals surface area contributed by atoms with Crippen molar-refractivity contribution in [2.45, 2.75) is 20.8 Å². The molecule has 0 bridgehead atoms. The molecular weight excluding hydrogens is 310 g/mol. The minimum absolute atomic E-state index is 0.0623. The minimum atomic E-state index is -1.16. The number of hydrogen-bond donors (Lipinski definition) is 3. The van der Waals surface area contributed by atoms with Crippen LogP contribution in [0.3, 0.4) is 0 Å². The zero-order valence-electron chi connectivity index (χ0n) is 13.7. The van der Waals surface area contributed by atoms with E-state index in [1.165, 1.54) is 12.1 Å². The van der Waals surface area contributed by atoms with E-state index in [2.05, 4.69) is 5.32 Å². The maximum Gasteiger partial charge on any atom is 0.335 e. The fourth-order valence-corrected chi connectivity index (χ4v) is 2.24. The van der Waals surface area contributed by atoms with Crippen LogP contribution in [0.2, 0.25) is 0 Å². The molecule has 24 heavy (non-hydrogen) atoms. The first-order valence-electron chi connectivity index (χ1n) is 7.35. The highest BCUT2D eigenvalue weighted by Crippen LogP contribution is 2.26. The number of carboxylic acids is 1. The number of phenols is 1. The van der Waals surface area contributed by atoms with Gasteiger partial charge in [-0.15, -0.1) is 0 Å². The Morgan fingerprint density at radius 3 is 2.38 bits per heavy atom. The van der Waals surface area contributed by atoms with Crippen LogP contribution in [0.15, 0.2) is 30.3 Å². The summed E-state index contributed by atoms with van der Waals surface area (Å²) in [6, 6.07) is 7.62. The third kappa shape index (κ3) is 3.84. The highest BCUT2D eigenvalue weighted by Gasteiger charge is 2.12. The Morgan fingerprint density at radius 1 is 1.08 bits per heavy atom. The first-order chi connectivity index (χ1) is 11.3. The molecule has 0 spiro atoms. The van der Waals surface area contributed by atoms with E-state index >= 15 is 0 Å². The summed E-state index contributed by atoms with van der Waals surface area (Å²) in [5.41, 5.74) is 3.04. The molecule has 1 amide bonds. The van der Waals surface area contributed by atoms with Crippen LogP contribution in [0.4, 0.5) is 5.69 Å². The second-order valence-electron chi connectivity index (χ2n) is 5.53. The van der Waals surface area contributed by atoms with E-state index in [1.807, 2.05) is 32.9 Å². The van der Waals surface area contributed by atoms with Crippen LogP contribution in [0.25, 0.3) is 0 Å². The average molecular weight is 329 g/mol. The van der Waals surface area contributed by atoms with Crippen molar-refractivity contribution in [2.75, 3.05) is 11.9 Å². The van der Waals surface area contributed by atoms with Crippen molar-refractivity contribution >= 4 is 17.6 Å². The Morgan fingerprint density at radius 2 is 1.75 bits per heavy atom. The number of anilines is 1. The van der Waals surface area contributed by atoms with E-state index in [9.17, 15) is 14.7 Å². The first-order valence-corrected chi connectivity index (χ1v) is 7.35. The van der Waals surface area contributed by atoms with Crippen molar-refractivity contribution in [1.82, 2.24) is 0 Å². The number of hydrogen-bond acceptors (Lipinski definition) is 4. The van der Waals surface area contributed by atoms with Crippen LogP contribution >= 0.6 is 0 Å². The summed E-state index contributed by atoms with van der Waals surface area (Å²) in [5.74, 6) is -1.26. The summed E-state index contributed by atoms with van der Waals surface area (Å²) < 4.78 is 5.60. The van der Waals surface area contributed by atoms with E-state index in [-0.39, 0.29) is 23.6 Å². The summed E-state index contributed by atoms with van der Waals surface area (Å²) in [7, 11) is 0. The van der Waals surface area contributed by atoms with Crippen molar-refractivity contribution < 1.29 is 24.5 Å². The van der Waals surface area contributed by atoms with Crippen LogP contribution in [0.5, 0.6) is 11.5 Å². The molecule has 0 unspecified atom stereocenters. The number of benzene rings is 2. The third-order valence-corrected chi connectivity index (χ3v) is 3.74. The first kappa shape index (κ1) is 17.3. The molecule has 2 aromatic rings. The van der Waals surface area contributed by atoms with Crippen molar-refractivity contribution in [3.05, 3.63) is 52.6 Å². The minimum Gasteiger partial charge on any atom is -0.506 e. The Balaban J connectivity index is 2.05. The van der Waals surface area contributed by atoms with Gasteiger partial charge in [0.2, 0.25) is 0 Å². The average Bonchev–Trinajstić information content (AvgIpc) is 2.53. The number of carbonyl (C=O) groups is 2. The van der Waals surface area contributed by atoms with Gasteiger partial charge in [-0.25, -0.2) is 4.79 Å². The van der Waals surface area contributed by atoms with Gasteiger partial charge in [0, 0.05) is 0 Å². The lowest BCUT2D eigenvalue weighted by Crippen LogP contribution is -2.21. The standard InChI is InChI=1S/C18H19NO5/c1-10-4-5-11(2)17(12(10)3)24-9-16(21)19-14-7-6-13(18(22)23)8-15(14)20/h4-8,20H,9H2,1-3H3,(H,19,21)(H,22,23). The Hall–Kier alpha value is -3.02. The number of aryl methyl sites for hydroxylation is 2. The summed E-state index contributed by atoms with van der Waals surface area (Å²) in [6.45, 7) is 5.57. The number of phenolic OH excluding ortho intramolecular Hbond substituents is 1. The molecular formula is C18H19NO5. The van der Waals surface area contributed by atoms with Gasteiger partial charge in [-0.05, 0) is 55.7 Å². The molecule has 0 atom stereocenters. The van der Waals surface area contributed by atoms with Crippen molar-refractivity contribution in [3.63, 3.8) is 0 Å². The van der Waals surface area contributed by atoms with Crippen LogP contribution in [-0.4, -0.2) is 28.7 Å². The topological polar surface area (TPSA) is 95.9 Å². The second kappa shape index (κ2) is 7.04. The van der Waals surface area contributed by atoms with E-state index in [1.54, 1.807) is 0 Å². The highest BCUT2D eigenvalue weighted by atomic mass is 16.5. The maximum absolute atomic E-state index is 12.0. The molecule has 2 rings (SSSR count). The number of amides is 1. The largest absolute Gasteiger partial charge is 0.506 e. The molecule has 2 aromatic carbocycles. The van der Waals surface area contributed by atoms with E-state index in [0.29, 0.717) is 5.75 Å². The van der Waals surface area contributed by atoms with E-state index in [4.69, 9.17) is 9.84 Å². The van der Waals surface area contributed by atoms with Crippen molar-refractivity contribution in [1.29, 1.82) is 0 Å². The van der Waals surface area contributed by atoms with E-state index < -0.39 is 11.9 Å². The molecule has 0 aliphatic rings. The predicted octanol–water partition coefficient (Wildman–Crippen LogP) is 3.03. The molecule has 126 valence electrons. The number of ether oxygens (including phenoxy) is 1. The van der Waals surface area contributed by atoms with Crippen LogP contribution in [0, 0.1) is 20.8 Å². The Labute approximate surface area is 139 Å². The normalized spacial score (nSPS) is 10.3. The van der Waals surface area contributed by atoms with Crippen LogP contribution in [-0.2, 0) is 4.79 Å². The Kier molecular flexibility index (Phi) is 5.08. The Bertz CT molecular complexity index is 798. The quantitative estimate of drug-likeness (QED) is 0.733. The van der Waals surface area contributed by atoms with Gasteiger partial charge in [-0.2, -0.15) is 0 Å². The third-order valence-electron chi connectivity index (χ3n) is 3.74. The molecule has 6 heteroatoms. The molecule has 0 radical (unpaired) electrons. The molecule has 0 aromatic heterocycles. The van der Waals surface area contributed by atoms with Crippen molar-refractivity contribution in [3.8, 4) is 11.5 Å². The molecule has 0 aliphatic heterocycles. The number of carboxylic acid groups (broad SMARTS) is 1. The molecule has 3 N–H and O–H groups in total. The zero-order chi connectivity index (χ0) is 17.9. The number of carbonyl (C=O) groups excluding carboxylic acids is 1. The molecule has 0 heterocycles. The highest BCUT2D eigenvalue weighted by molar-refractivity contribution is 5.95. The van der Waals surface area contributed by atoms with Crippen LogP contribution in [0.1, 0.15) is 27.0 Å². The van der Waals surface area contributed by atoms with Gasteiger partial charge in [0.15, 0.2) is 6.61 Å². The lowest BCUT2D eigenvalue weighted by molar-refractivity contribution is -0.118. The van der Waals surface area contributed by atoms with Gasteiger partial charge >= 0.3 is 5.97 Å². The number of aromatic hydroxyl groups is 1. The molecule has 6 nitrogen and oxygen atoms in total. The SMILES string of the molecule is Cc1ccc(C)c(OCC(=O)Nc2ccc(C(=O)O)cc2O)c1C. The predicted molar refractivity (Wildman–Crippen MR) is 89.8 cm³/mol. The van der Waals surface area contributed by atoms with Gasteiger partial charge in [0.05, 0.1) is 11.3 Å². The van der Waals surface area contributed by atoms with Crippen molar-refractivity contribution in [2.24, 2.45) is 0 Å². The number of nitrogens with one attached hydrogen (secondary N) is 1. The van der Waals surface area contributed by atoms with Gasteiger partial charge in [0.25, 0.3) is 5.91 Å². The summed E-state index contributed by atoms with van der Waals surface area (Å²) in [5, 5.41) is 21.1.